The molecule has 0 aliphatic heterocycles. The maximum absolute atomic E-state index is 12.1. The number of amides is 1. The van der Waals surface area contributed by atoms with Crippen molar-refractivity contribution in [2.75, 3.05) is 0 Å². The second-order valence-corrected chi connectivity index (χ2v) is 5.83. The average Bonchev–Trinajstić information content (AvgIpc) is 2.96. The summed E-state index contributed by atoms with van der Waals surface area (Å²) in [6.45, 7) is 0. The van der Waals surface area contributed by atoms with Gasteiger partial charge in [0.05, 0.1) is 22.4 Å². The Morgan fingerprint density at radius 3 is 2.60 bits per heavy atom. The van der Waals surface area contributed by atoms with Crippen molar-refractivity contribution in [1.29, 1.82) is 0 Å². The predicted octanol–water partition coefficient (Wildman–Crippen LogP) is 2.17. The summed E-state index contributed by atoms with van der Waals surface area (Å²) in [7, 11) is 0. The van der Waals surface area contributed by atoms with Crippen molar-refractivity contribution < 1.29 is 19.6 Å². The van der Waals surface area contributed by atoms with Crippen LogP contribution in [-0.2, 0) is 4.79 Å². The van der Waals surface area contributed by atoms with Crippen LogP contribution in [0.4, 0.5) is 5.00 Å². The molecule has 20 heavy (non-hydrogen) atoms. The zero-order valence-corrected chi connectivity index (χ0v) is 11.4. The van der Waals surface area contributed by atoms with E-state index in [0.29, 0.717) is 12.8 Å². The SMILES string of the molecule is O=C(O)CC1(NC(=O)c2csc([N+](=O)[O-])c2)CCCC1. The molecule has 1 aromatic heterocycles. The first kappa shape index (κ1) is 14.4. The van der Waals surface area contributed by atoms with Gasteiger partial charge in [-0.25, -0.2) is 0 Å². The molecule has 7 nitrogen and oxygen atoms in total. The highest BCUT2D eigenvalue weighted by Gasteiger charge is 2.37. The topological polar surface area (TPSA) is 110 Å². The standard InChI is InChI=1S/C12H14N2O5S/c15-10(16)6-12(3-1-2-4-12)13-11(17)8-5-9(14(18)19)20-7-8/h5,7H,1-4,6H2,(H,13,17)(H,15,16). The van der Waals surface area contributed by atoms with Crippen molar-refractivity contribution in [3.8, 4) is 0 Å². The van der Waals surface area contributed by atoms with Crippen LogP contribution in [0.5, 0.6) is 0 Å². The first-order valence-electron chi connectivity index (χ1n) is 6.19. The molecule has 2 N–H and O–H groups in total. The van der Waals surface area contributed by atoms with Crippen LogP contribution >= 0.6 is 11.3 Å². The van der Waals surface area contributed by atoms with Gasteiger partial charge in [-0.05, 0) is 12.8 Å². The minimum absolute atomic E-state index is 0.103. The molecule has 0 saturated heterocycles. The molecule has 2 rings (SSSR count). The van der Waals surface area contributed by atoms with Gasteiger partial charge in [-0.1, -0.05) is 24.2 Å². The normalized spacial score (nSPS) is 16.8. The smallest absolute Gasteiger partial charge is 0.324 e. The Morgan fingerprint density at radius 1 is 1.45 bits per heavy atom. The largest absolute Gasteiger partial charge is 0.481 e. The molecule has 1 aromatic rings. The number of carbonyl (C=O) groups is 2. The maximum atomic E-state index is 12.1. The van der Waals surface area contributed by atoms with E-state index in [1.165, 1.54) is 11.4 Å². The third-order valence-corrected chi connectivity index (χ3v) is 4.34. The number of carboxylic acid groups (broad SMARTS) is 1. The lowest BCUT2D eigenvalue weighted by atomic mass is 9.93. The zero-order valence-electron chi connectivity index (χ0n) is 10.6. The summed E-state index contributed by atoms with van der Waals surface area (Å²) in [5.41, 5.74) is -0.516. The van der Waals surface area contributed by atoms with Gasteiger partial charge in [-0.2, -0.15) is 0 Å². The number of thiophene rings is 1. The molecule has 1 heterocycles. The molecule has 1 aliphatic carbocycles. The van der Waals surface area contributed by atoms with Crippen LogP contribution in [0.25, 0.3) is 0 Å². The first-order valence-corrected chi connectivity index (χ1v) is 7.07. The van der Waals surface area contributed by atoms with E-state index in [-0.39, 0.29) is 17.0 Å². The van der Waals surface area contributed by atoms with E-state index in [1.54, 1.807) is 0 Å². The van der Waals surface area contributed by atoms with Crippen LogP contribution in [0.2, 0.25) is 0 Å². The molecule has 0 atom stereocenters. The van der Waals surface area contributed by atoms with Gasteiger partial charge in [-0.15, -0.1) is 0 Å². The maximum Gasteiger partial charge on any atom is 0.324 e. The van der Waals surface area contributed by atoms with Crippen LogP contribution < -0.4 is 5.32 Å². The van der Waals surface area contributed by atoms with Gasteiger partial charge in [0.15, 0.2) is 0 Å². The third kappa shape index (κ3) is 3.13. The average molecular weight is 298 g/mol. The van der Waals surface area contributed by atoms with Gasteiger partial charge in [0.2, 0.25) is 0 Å². The first-order chi connectivity index (χ1) is 9.42. The molecule has 1 amide bonds. The number of aliphatic carboxylic acids is 1. The molecule has 108 valence electrons. The highest BCUT2D eigenvalue weighted by molar-refractivity contribution is 7.13. The van der Waals surface area contributed by atoms with E-state index < -0.39 is 22.3 Å². The van der Waals surface area contributed by atoms with Crippen molar-refractivity contribution in [3.63, 3.8) is 0 Å². The molecular formula is C12H14N2O5S. The molecule has 0 aromatic carbocycles. The number of rotatable bonds is 5. The molecule has 8 heteroatoms. The summed E-state index contributed by atoms with van der Waals surface area (Å²) in [6.07, 6.45) is 2.87. The Balaban J connectivity index is 2.11. The van der Waals surface area contributed by atoms with Gasteiger partial charge in [0.1, 0.15) is 0 Å². The quantitative estimate of drug-likeness (QED) is 0.639. The summed E-state index contributed by atoms with van der Waals surface area (Å²) in [6, 6.07) is 1.21. The molecule has 0 unspecified atom stereocenters. The van der Waals surface area contributed by atoms with Gasteiger partial charge in [0.25, 0.3) is 5.91 Å². The van der Waals surface area contributed by atoms with E-state index in [9.17, 15) is 19.7 Å². The van der Waals surface area contributed by atoms with Gasteiger partial charge in [0, 0.05) is 11.4 Å². The van der Waals surface area contributed by atoms with Crippen molar-refractivity contribution in [3.05, 3.63) is 27.1 Å². The molecule has 1 saturated carbocycles. The van der Waals surface area contributed by atoms with E-state index in [4.69, 9.17) is 5.11 Å². The monoisotopic (exact) mass is 298 g/mol. The number of hydrogen-bond donors (Lipinski definition) is 2. The number of nitrogens with one attached hydrogen (secondary N) is 1. The van der Waals surface area contributed by atoms with Crippen LogP contribution in [-0.4, -0.2) is 27.4 Å². The minimum Gasteiger partial charge on any atom is -0.481 e. The molecule has 0 spiro atoms. The number of nitro groups is 1. The fourth-order valence-corrected chi connectivity index (χ4v) is 3.24. The summed E-state index contributed by atoms with van der Waals surface area (Å²) in [5, 5.41) is 23.6. The van der Waals surface area contributed by atoms with E-state index >= 15 is 0 Å². The van der Waals surface area contributed by atoms with Gasteiger partial charge in [-0.3, -0.25) is 19.7 Å². The van der Waals surface area contributed by atoms with E-state index in [1.807, 2.05) is 0 Å². The summed E-state index contributed by atoms with van der Waals surface area (Å²) >= 11 is 0.880. The van der Waals surface area contributed by atoms with Crippen LogP contribution in [0.15, 0.2) is 11.4 Å². The van der Waals surface area contributed by atoms with Crippen LogP contribution in [0.1, 0.15) is 42.5 Å². The minimum atomic E-state index is -0.955. The van der Waals surface area contributed by atoms with E-state index in [0.717, 1.165) is 24.2 Å². The molecule has 0 radical (unpaired) electrons. The summed E-state index contributed by atoms with van der Waals surface area (Å²) in [5.74, 6) is -1.40. The predicted molar refractivity (Wildman–Crippen MR) is 71.9 cm³/mol. The van der Waals surface area contributed by atoms with Gasteiger partial charge >= 0.3 is 11.0 Å². The molecular weight excluding hydrogens is 284 g/mol. The Morgan fingerprint density at radius 2 is 2.10 bits per heavy atom. The number of nitrogens with zero attached hydrogens (tertiary/aromatic N) is 1. The summed E-state index contributed by atoms with van der Waals surface area (Å²) < 4.78 is 0. The van der Waals surface area contributed by atoms with Gasteiger partial charge < -0.3 is 10.4 Å². The second kappa shape index (κ2) is 5.58. The fourth-order valence-electron chi connectivity index (χ4n) is 2.54. The molecule has 1 aliphatic rings. The lowest BCUT2D eigenvalue weighted by Crippen LogP contribution is -2.47. The van der Waals surface area contributed by atoms with Crippen LogP contribution in [0, 0.1) is 10.1 Å². The van der Waals surface area contributed by atoms with Crippen molar-refractivity contribution >= 4 is 28.2 Å². The Bertz CT molecular complexity index is 548. The van der Waals surface area contributed by atoms with Crippen molar-refractivity contribution in [1.82, 2.24) is 5.32 Å². The fraction of sp³-hybridized carbons (Fsp3) is 0.500. The second-order valence-electron chi connectivity index (χ2n) is 4.94. The molecule has 1 fully saturated rings. The Labute approximate surface area is 118 Å². The van der Waals surface area contributed by atoms with Crippen molar-refractivity contribution in [2.45, 2.75) is 37.6 Å². The van der Waals surface area contributed by atoms with Crippen molar-refractivity contribution in [2.24, 2.45) is 0 Å². The highest BCUT2D eigenvalue weighted by Crippen LogP contribution is 2.33. The number of carboxylic acids is 1. The zero-order chi connectivity index (χ0) is 14.8. The number of hydrogen-bond acceptors (Lipinski definition) is 5. The lowest BCUT2D eigenvalue weighted by Gasteiger charge is -2.28. The third-order valence-electron chi connectivity index (χ3n) is 3.46. The number of carbonyl (C=O) groups excluding carboxylic acids is 1. The molecule has 0 bridgehead atoms. The Kier molecular flexibility index (Phi) is 4.03. The summed E-state index contributed by atoms with van der Waals surface area (Å²) in [4.78, 5) is 33.1. The highest BCUT2D eigenvalue weighted by atomic mass is 32.1. The lowest BCUT2D eigenvalue weighted by molar-refractivity contribution is -0.380. The van der Waals surface area contributed by atoms with Crippen LogP contribution in [0.3, 0.4) is 0 Å². The Hall–Kier alpha value is -1.96. The van der Waals surface area contributed by atoms with E-state index in [2.05, 4.69) is 5.32 Å².